The van der Waals surface area contributed by atoms with Crippen molar-refractivity contribution in [1.29, 1.82) is 0 Å². The number of rotatable bonds is 9. The van der Waals surface area contributed by atoms with E-state index >= 15 is 0 Å². The Morgan fingerprint density at radius 1 is 1.21 bits per heavy atom. The van der Waals surface area contributed by atoms with Gasteiger partial charge in [0.25, 0.3) is 0 Å². The molecule has 2 bridgehead atoms. The number of nitrogens with zero attached hydrogens (tertiary/aromatic N) is 1. The lowest BCUT2D eigenvalue weighted by molar-refractivity contribution is -0.140. The fourth-order valence-electron chi connectivity index (χ4n) is 5.63. The fraction of sp³-hybridized carbons (Fsp3) is 0.857. The lowest BCUT2D eigenvalue weighted by Crippen LogP contribution is -2.55. The van der Waals surface area contributed by atoms with Crippen LogP contribution >= 0.6 is 11.8 Å². The van der Waals surface area contributed by atoms with E-state index in [1.54, 1.807) is 23.7 Å². The van der Waals surface area contributed by atoms with Gasteiger partial charge in [-0.2, -0.15) is 0 Å². The summed E-state index contributed by atoms with van der Waals surface area (Å²) in [5, 5.41) is 14.8. The van der Waals surface area contributed by atoms with Crippen molar-refractivity contribution in [2.24, 2.45) is 11.8 Å². The van der Waals surface area contributed by atoms with Crippen molar-refractivity contribution in [1.82, 2.24) is 15.5 Å². The van der Waals surface area contributed by atoms with E-state index in [2.05, 4.69) is 17.6 Å². The molecule has 0 aromatic heterocycles. The maximum atomic E-state index is 13.6. The first kappa shape index (κ1) is 22.4. The summed E-state index contributed by atoms with van der Waals surface area (Å²) in [6, 6.07) is -0.532. The van der Waals surface area contributed by atoms with Crippen molar-refractivity contribution in [3.8, 4) is 0 Å². The van der Waals surface area contributed by atoms with Crippen LogP contribution in [-0.4, -0.2) is 69.5 Å². The molecule has 3 aliphatic heterocycles. The van der Waals surface area contributed by atoms with E-state index in [1.165, 1.54) is 0 Å². The highest BCUT2D eigenvalue weighted by molar-refractivity contribution is 8.02. The fourth-order valence-corrected chi connectivity index (χ4v) is 7.99. The number of carbonyl (C=O) groups excluding carboxylic acids is 3. The molecule has 0 saturated carbocycles. The van der Waals surface area contributed by atoms with Gasteiger partial charge in [-0.1, -0.05) is 12.8 Å². The number of likely N-dealkylation sites (tertiary alicyclic amines) is 1. The van der Waals surface area contributed by atoms with Crippen molar-refractivity contribution in [3.05, 3.63) is 0 Å². The minimum atomic E-state index is -0.526. The number of thioether (sulfide) groups is 1. The standard InChI is InChI=1S/C21H35N3O4S/c1-13(2)23-18(27)16-21-10-9-20(3,29-21)14(17(26)22-4)15(21)19(28)24(16)11-7-5-6-8-12-25/h13-16,25H,5-12H2,1-4H3,(H,22,26)(H,23,27)/t14-,15+,16?,20+,21?/m1/s1. The van der Waals surface area contributed by atoms with Gasteiger partial charge >= 0.3 is 0 Å². The van der Waals surface area contributed by atoms with Crippen LogP contribution < -0.4 is 10.6 Å². The van der Waals surface area contributed by atoms with E-state index in [1.807, 2.05) is 13.8 Å². The molecule has 0 radical (unpaired) electrons. The zero-order valence-corrected chi connectivity index (χ0v) is 18.8. The molecule has 7 nitrogen and oxygen atoms in total. The normalized spacial score (nSPS) is 35.3. The van der Waals surface area contributed by atoms with Gasteiger partial charge in [0, 0.05) is 31.0 Å². The van der Waals surface area contributed by atoms with Gasteiger partial charge in [0.15, 0.2) is 0 Å². The van der Waals surface area contributed by atoms with Gasteiger partial charge in [0.1, 0.15) is 6.04 Å². The van der Waals surface area contributed by atoms with Crippen LogP contribution in [0, 0.1) is 11.8 Å². The molecule has 5 atom stereocenters. The number of unbranched alkanes of at least 4 members (excludes halogenated alkanes) is 3. The molecule has 0 aromatic carbocycles. The van der Waals surface area contributed by atoms with E-state index < -0.39 is 22.6 Å². The highest BCUT2D eigenvalue weighted by Crippen LogP contribution is 2.71. The molecule has 2 unspecified atom stereocenters. The van der Waals surface area contributed by atoms with Crippen LogP contribution in [0.25, 0.3) is 0 Å². The molecule has 3 saturated heterocycles. The van der Waals surface area contributed by atoms with E-state index in [4.69, 9.17) is 5.11 Å². The first-order valence-electron chi connectivity index (χ1n) is 10.9. The lowest BCUT2D eigenvalue weighted by atomic mass is 9.66. The number of hydrogen-bond acceptors (Lipinski definition) is 5. The van der Waals surface area contributed by atoms with E-state index in [0.29, 0.717) is 6.54 Å². The maximum absolute atomic E-state index is 13.6. The predicted octanol–water partition coefficient (Wildman–Crippen LogP) is 1.29. The van der Waals surface area contributed by atoms with Crippen molar-refractivity contribution >= 4 is 29.5 Å². The summed E-state index contributed by atoms with van der Waals surface area (Å²) in [5.41, 5.74) is 0. The average molecular weight is 426 g/mol. The zero-order chi connectivity index (χ0) is 21.4. The highest BCUT2D eigenvalue weighted by atomic mass is 32.2. The van der Waals surface area contributed by atoms with Crippen molar-refractivity contribution in [2.75, 3.05) is 20.2 Å². The summed E-state index contributed by atoms with van der Waals surface area (Å²) in [4.78, 5) is 41.4. The summed E-state index contributed by atoms with van der Waals surface area (Å²) in [5.74, 6) is -1.06. The van der Waals surface area contributed by atoms with E-state index in [-0.39, 0.29) is 35.1 Å². The van der Waals surface area contributed by atoms with E-state index in [9.17, 15) is 14.4 Å². The zero-order valence-electron chi connectivity index (χ0n) is 18.0. The van der Waals surface area contributed by atoms with Gasteiger partial charge in [-0.25, -0.2) is 0 Å². The number of hydrogen-bond donors (Lipinski definition) is 3. The molecule has 3 aliphatic rings. The van der Waals surface area contributed by atoms with Crippen molar-refractivity contribution in [3.63, 3.8) is 0 Å². The largest absolute Gasteiger partial charge is 0.396 e. The molecule has 0 aliphatic carbocycles. The Balaban J connectivity index is 1.90. The Kier molecular flexibility index (Phi) is 6.53. The summed E-state index contributed by atoms with van der Waals surface area (Å²) < 4.78 is -0.822. The molecule has 3 rings (SSSR count). The Morgan fingerprint density at radius 3 is 2.52 bits per heavy atom. The van der Waals surface area contributed by atoms with Crippen LogP contribution in [0.15, 0.2) is 0 Å². The van der Waals surface area contributed by atoms with Gasteiger partial charge in [0.2, 0.25) is 17.7 Å². The molecule has 8 heteroatoms. The molecule has 3 heterocycles. The molecular formula is C21H35N3O4S. The molecule has 1 spiro atoms. The number of amides is 3. The topological polar surface area (TPSA) is 98.7 Å². The monoisotopic (exact) mass is 425 g/mol. The van der Waals surface area contributed by atoms with Crippen LogP contribution in [0.4, 0.5) is 0 Å². The van der Waals surface area contributed by atoms with E-state index in [0.717, 1.165) is 38.5 Å². The second-order valence-corrected chi connectivity index (χ2v) is 11.1. The minimum absolute atomic E-state index is 0.00613. The maximum Gasteiger partial charge on any atom is 0.244 e. The molecule has 3 amide bonds. The van der Waals surface area contributed by atoms with Gasteiger partial charge in [0.05, 0.1) is 16.6 Å². The third kappa shape index (κ3) is 3.67. The van der Waals surface area contributed by atoms with Gasteiger partial charge in [-0.05, 0) is 46.5 Å². The molecule has 164 valence electrons. The Morgan fingerprint density at radius 2 is 1.90 bits per heavy atom. The molecule has 29 heavy (non-hydrogen) atoms. The van der Waals surface area contributed by atoms with Crippen LogP contribution in [0.2, 0.25) is 0 Å². The first-order valence-corrected chi connectivity index (χ1v) is 11.7. The Labute approximate surface area is 177 Å². The summed E-state index contributed by atoms with van der Waals surface area (Å²) in [6.45, 7) is 6.63. The molecule has 3 N–H and O–H groups in total. The third-order valence-electron chi connectivity index (χ3n) is 6.79. The number of fused-ring (bicyclic) bond motifs is 1. The number of carbonyl (C=O) groups is 3. The predicted molar refractivity (Wildman–Crippen MR) is 113 cm³/mol. The van der Waals surface area contributed by atoms with Gasteiger partial charge in [-0.15, -0.1) is 11.8 Å². The Hall–Kier alpha value is -1.28. The van der Waals surface area contributed by atoms with Crippen molar-refractivity contribution < 1.29 is 19.5 Å². The third-order valence-corrected chi connectivity index (χ3v) is 8.78. The number of nitrogens with one attached hydrogen (secondary N) is 2. The number of aliphatic hydroxyl groups excluding tert-OH is 1. The molecular weight excluding hydrogens is 390 g/mol. The molecule has 3 fully saturated rings. The quantitative estimate of drug-likeness (QED) is 0.484. The second-order valence-electron chi connectivity index (χ2n) is 9.17. The summed E-state index contributed by atoms with van der Waals surface area (Å²) >= 11 is 1.70. The summed E-state index contributed by atoms with van der Waals surface area (Å²) in [6.07, 6.45) is 5.00. The van der Waals surface area contributed by atoms with Crippen LogP contribution in [0.1, 0.15) is 59.3 Å². The van der Waals surface area contributed by atoms with Crippen LogP contribution in [0.5, 0.6) is 0 Å². The average Bonchev–Trinajstić information content (AvgIpc) is 3.21. The highest BCUT2D eigenvalue weighted by Gasteiger charge is 2.76. The molecule has 0 aromatic rings. The van der Waals surface area contributed by atoms with Crippen LogP contribution in [0.3, 0.4) is 0 Å². The van der Waals surface area contributed by atoms with Crippen LogP contribution in [-0.2, 0) is 14.4 Å². The minimum Gasteiger partial charge on any atom is -0.396 e. The SMILES string of the molecule is CNC(=O)[C@H]1[C@H]2C(=O)N(CCCCCCO)C(C(=O)NC(C)C)C23CC[C@]1(C)S3. The number of aliphatic hydroxyl groups is 1. The van der Waals surface area contributed by atoms with Crippen molar-refractivity contribution in [2.45, 2.75) is 80.9 Å². The van der Waals surface area contributed by atoms with Gasteiger partial charge in [-0.3, -0.25) is 14.4 Å². The summed E-state index contributed by atoms with van der Waals surface area (Å²) in [7, 11) is 1.62. The second kappa shape index (κ2) is 8.46. The Bertz CT molecular complexity index is 672. The smallest absolute Gasteiger partial charge is 0.244 e. The lowest BCUT2D eigenvalue weighted by Gasteiger charge is -2.35. The first-order chi connectivity index (χ1) is 13.7. The van der Waals surface area contributed by atoms with Gasteiger partial charge < -0.3 is 20.6 Å².